The van der Waals surface area contributed by atoms with Gasteiger partial charge in [-0.2, -0.15) is 0 Å². The summed E-state index contributed by atoms with van der Waals surface area (Å²) >= 11 is 0. The highest BCUT2D eigenvalue weighted by molar-refractivity contribution is 5.92. The number of rotatable bonds is 63. The van der Waals surface area contributed by atoms with Crippen LogP contribution in [0, 0.1) is 51.5 Å². The van der Waals surface area contributed by atoms with Crippen molar-refractivity contribution >= 4 is 47.2 Å². The van der Waals surface area contributed by atoms with E-state index in [0.29, 0.717) is 156 Å². The number of carbonyl (C=O) groups excluding carboxylic acids is 7. The Morgan fingerprint density at radius 2 is 1.23 bits per heavy atom. The predicted octanol–water partition coefficient (Wildman–Crippen LogP) is 6.95. The first-order valence-electron chi connectivity index (χ1n) is 42.4. The van der Waals surface area contributed by atoms with Gasteiger partial charge in [-0.05, 0) is 59.6 Å². The molecule has 2 aliphatic rings. The minimum atomic E-state index is -1.42. The topological polar surface area (TPSA) is 418 Å². The number of amides is 4. The predicted molar refractivity (Wildman–Crippen MR) is 443 cm³/mol. The number of nitrogens with two attached hydrogens (primary N) is 1. The zero-order valence-electron chi connectivity index (χ0n) is 74.1. The Morgan fingerprint density at radius 3 is 1.72 bits per heavy atom. The molecule has 36 heteroatoms. The lowest BCUT2D eigenvalue weighted by Gasteiger charge is -2.43. The minimum absolute atomic E-state index is 0.0967. The first-order chi connectivity index (χ1) is 58.0. The van der Waals surface area contributed by atoms with Crippen molar-refractivity contribution in [2.75, 3.05) is 180 Å². The molecule has 2 aliphatic heterocycles. The Kier molecular flexibility index (Phi) is 49.1. The summed E-state index contributed by atoms with van der Waals surface area (Å²) in [5.41, 5.74) is 5.89. The standard InChI is InChI=1S/C85H139N9O27/c1-17-58(6)78(73(105-15)53-75(98)93-28-21-24-68(93)80(106-16)62(10)70(97)50-59(7)79(99)65-22-19-18-20-23-65)90(13)83(101)76(56(2)3)87-82(100)77(57(4)5)91(14)85(102)121-72(66-25-26-71(69(51-66)94(103)104)119-84-81(118-64(12)96)61(9)60(8)74(120-84)55-117-63(11)95)52-67-54-92(89-88-67)29-31-108-33-35-110-37-39-112-41-43-114-45-47-116-49-48-115-46-44-113-42-40-111-38-36-109-34-32-107-30-27-86/h18-20,22-23,25-26,51,54,56-62,68,72-74,76-81,84,99H,17,21,24,27-50,52-53,55,86H2,1-16H3,(H,87,100)/t58-,59-,60?,61?,62-,68-,72?,73+,74?,76-,77-,78-,79+,80+,81?,84?/m0/s1. The summed E-state index contributed by atoms with van der Waals surface area (Å²) < 4.78 is 98.9. The fourth-order valence-electron chi connectivity index (χ4n) is 14.6. The van der Waals surface area contributed by atoms with Crippen molar-refractivity contribution in [2.24, 2.45) is 47.2 Å². The maximum absolute atomic E-state index is 15.2. The fourth-order valence-corrected chi connectivity index (χ4v) is 14.6. The van der Waals surface area contributed by atoms with Gasteiger partial charge in [-0.1, -0.05) is 117 Å². The molecule has 1 aromatic heterocycles. The summed E-state index contributed by atoms with van der Waals surface area (Å²) in [6, 6.07) is 9.51. The van der Waals surface area contributed by atoms with E-state index >= 15 is 4.79 Å². The molecule has 6 unspecified atom stereocenters. The number of nitrogens with zero attached hydrogens (tertiary/aromatic N) is 7. The third kappa shape index (κ3) is 35.6. The maximum atomic E-state index is 15.2. The number of hydrogen-bond acceptors (Lipinski definition) is 30. The summed E-state index contributed by atoms with van der Waals surface area (Å²) in [6.45, 7) is 29.7. The van der Waals surface area contributed by atoms with Gasteiger partial charge >= 0.3 is 23.7 Å². The van der Waals surface area contributed by atoms with Crippen LogP contribution in [0.2, 0.25) is 0 Å². The lowest BCUT2D eigenvalue weighted by Crippen LogP contribution is -2.60. The number of methoxy groups -OCH3 is 2. The average molecular weight is 1720 g/mol. The molecule has 2 saturated heterocycles. The van der Waals surface area contributed by atoms with Crippen molar-refractivity contribution in [3.05, 3.63) is 81.7 Å². The number of nitrogens with one attached hydrogen (secondary N) is 1. The molecule has 2 aromatic carbocycles. The van der Waals surface area contributed by atoms with Crippen molar-refractivity contribution < 1.29 is 124 Å². The van der Waals surface area contributed by atoms with E-state index in [1.54, 1.807) is 59.7 Å². The Balaban J connectivity index is 1.21. The number of nitro groups is 1. The van der Waals surface area contributed by atoms with Crippen LogP contribution in [0.4, 0.5) is 10.5 Å². The number of nitro benzene ring substituents is 1. The summed E-state index contributed by atoms with van der Waals surface area (Å²) in [5, 5.41) is 35.9. The van der Waals surface area contributed by atoms with Crippen molar-refractivity contribution in [3.63, 3.8) is 0 Å². The number of esters is 2. The molecule has 0 aliphatic carbocycles. The number of aromatic nitrogens is 3. The van der Waals surface area contributed by atoms with Gasteiger partial charge in [-0.3, -0.25) is 43.8 Å². The monoisotopic (exact) mass is 1720 g/mol. The van der Waals surface area contributed by atoms with Gasteiger partial charge in [0, 0.05) is 92.2 Å². The number of ether oxygens (including phenoxy) is 17. The van der Waals surface area contributed by atoms with Crippen molar-refractivity contribution in [2.45, 2.75) is 195 Å². The first kappa shape index (κ1) is 104. The highest BCUT2D eigenvalue weighted by Gasteiger charge is 2.48. The Morgan fingerprint density at radius 1 is 0.686 bits per heavy atom. The molecule has 4 N–H and O–H groups in total. The zero-order valence-corrected chi connectivity index (χ0v) is 74.1. The molecule has 0 saturated carbocycles. The van der Waals surface area contributed by atoms with Gasteiger partial charge < -0.3 is 106 Å². The van der Waals surface area contributed by atoms with Gasteiger partial charge in [0.05, 0.1) is 192 Å². The van der Waals surface area contributed by atoms with Crippen LogP contribution in [0.25, 0.3) is 0 Å². The van der Waals surface area contributed by atoms with Gasteiger partial charge in [0.15, 0.2) is 11.9 Å². The lowest BCUT2D eigenvalue weighted by molar-refractivity contribution is -0.387. The second kappa shape index (κ2) is 57.1. The number of Topliss-reactive ketones (excluding diaryl/α,β-unsaturated/α-hetero) is 1. The maximum Gasteiger partial charge on any atom is 0.410 e. The molecule has 3 heterocycles. The van der Waals surface area contributed by atoms with E-state index in [4.69, 9.17) is 86.3 Å². The molecule has 0 bridgehead atoms. The third-order valence-electron chi connectivity index (χ3n) is 21.7. The normalized spacial score (nSPS) is 19.3. The number of likely N-dealkylation sites (N-methyl/N-ethyl adjacent to an activating group) is 2. The summed E-state index contributed by atoms with van der Waals surface area (Å²) in [6.07, 6.45) is -4.73. The molecule has 5 rings (SSSR count). The number of aliphatic hydroxyl groups excluding tert-OH is 1. The van der Waals surface area contributed by atoms with Crippen LogP contribution in [0.3, 0.4) is 0 Å². The van der Waals surface area contributed by atoms with Crippen LogP contribution >= 0.6 is 0 Å². The molecular formula is C85H139N9O27. The first-order valence-corrected chi connectivity index (χ1v) is 42.4. The number of carbonyl (C=O) groups is 7. The molecule has 3 aromatic rings. The molecule has 686 valence electrons. The second-order valence-corrected chi connectivity index (χ2v) is 31.3. The largest absolute Gasteiger partial charge is 0.463 e. The third-order valence-corrected chi connectivity index (χ3v) is 21.7. The van der Waals surface area contributed by atoms with Crippen LogP contribution in [0.15, 0.2) is 54.7 Å². The van der Waals surface area contributed by atoms with E-state index in [2.05, 4.69) is 15.6 Å². The van der Waals surface area contributed by atoms with Crippen LogP contribution < -0.4 is 15.8 Å². The van der Waals surface area contributed by atoms with Crippen LogP contribution in [-0.2, 0) is 118 Å². The molecule has 16 atom stereocenters. The fraction of sp³-hybridized carbons (Fsp3) is 0.753. The summed E-state index contributed by atoms with van der Waals surface area (Å²) in [7, 11) is 6.01. The van der Waals surface area contributed by atoms with E-state index in [1.165, 1.54) is 56.8 Å². The molecular weight excluding hydrogens is 1580 g/mol. The van der Waals surface area contributed by atoms with E-state index in [-0.39, 0.29) is 93.0 Å². The molecule has 0 spiro atoms. The highest BCUT2D eigenvalue weighted by atomic mass is 16.7. The van der Waals surface area contributed by atoms with Gasteiger partial charge in [0.2, 0.25) is 24.0 Å². The second-order valence-electron chi connectivity index (χ2n) is 31.3. The van der Waals surface area contributed by atoms with Gasteiger partial charge in [0.1, 0.15) is 30.6 Å². The Labute approximate surface area is 713 Å². The smallest absolute Gasteiger partial charge is 0.410 e. The SMILES string of the molecule is CC[C@H](C)[C@@H]([C@@H](CC(=O)N1CCC[C@H]1[C@H](OC)[C@@H](C)C(=O)C[C@H](C)[C@@H](O)c1ccccc1)OC)N(C)C(=O)[C@@H](NC(=O)[C@H](C(C)C)N(C)C(=O)OC(Cc1cn(CCOCCOCCOCCOCCOCCOCCOCCOCCOCCOCCN)nn1)c1ccc(OC2OC(COC(C)=O)C(C)C(C)C2OC(C)=O)c([N+](=O)[O-])c1)C(C)C. The van der Waals surface area contributed by atoms with Crippen LogP contribution in [0.1, 0.15) is 144 Å². The van der Waals surface area contributed by atoms with Gasteiger partial charge in [0.25, 0.3) is 0 Å². The Bertz CT molecular complexity index is 3490. The van der Waals surface area contributed by atoms with Crippen molar-refractivity contribution in [1.82, 2.24) is 35.0 Å². The van der Waals surface area contributed by atoms with E-state index < -0.39 is 131 Å². The van der Waals surface area contributed by atoms with Crippen molar-refractivity contribution in [3.8, 4) is 5.75 Å². The zero-order chi connectivity index (χ0) is 88.9. The highest BCUT2D eigenvalue weighted by Crippen LogP contribution is 2.40. The quantitative estimate of drug-likeness (QED) is 0.0169. The average Bonchev–Trinajstić information content (AvgIpc) is 1.75. The molecule has 2 fully saturated rings. The van der Waals surface area contributed by atoms with E-state index in [1.807, 2.05) is 58.0 Å². The lowest BCUT2D eigenvalue weighted by atomic mass is 9.83. The van der Waals surface area contributed by atoms with E-state index in [9.17, 15) is 44.0 Å². The number of hydrogen-bond donors (Lipinski definition) is 3. The number of benzene rings is 2. The minimum Gasteiger partial charge on any atom is -0.463 e. The summed E-state index contributed by atoms with van der Waals surface area (Å²) in [4.78, 5) is 115. The molecule has 0 radical (unpaired) electrons. The Hall–Kier alpha value is -7.53. The van der Waals surface area contributed by atoms with Crippen LogP contribution in [-0.4, -0.2) is 316 Å². The van der Waals surface area contributed by atoms with Crippen LogP contribution in [0.5, 0.6) is 5.75 Å². The molecule has 4 amide bonds. The number of likely N-dealkylation sites (tertiary alicyclic amines) is 1. The number of aliphatic hydroxyl groups is 1. The molecule has 121 heavy (non-hydrogen) atoms. The number of ketones is 1. The van der Waals surface area contributed by atoms with E-state index in [0.717, 1.165) is 11.0 Å². The summed E-state index contributed by atoms with van der Waals surface area (Å²) in [5.74, 6) is -6.17. The van der Waals surface area contributed by atoms with Gasteiger partial charge in [-0.15, -0.1) is 5.10 Å². The van der Waals surface area contributed by atoms with Crippen molar-refractivity contribution in [1.29, 1.82) is 0 Å². The van der Waals surface area contributed by atoms with Gasteiger partial charge in [-0.25, -0.2) is 9.48 Å². The molecule has 36 nitrogen and oxygen atoms in total.